The summed E-state index contributed by atoms with van der Waals surface area (Å²) in [5, 5.41) is 48.6. The molecule has 16 amide bonds. The van der Waals surface area contributed by atoms with E-state index in [9.17, 15) is 58.2 Å². The highest BCUT2D eigenvalue weighted by atomic mass is 32.2. The van der Waals surface area contributed by atoms with E-state index in [1.54, 1.807) is 24.4 Å². The molecule has 0 radical (unpaired) electrons. The summed E-state index contributed by atoms with van der Waals surface area (Å²) in [5.41, 5.74) is 14.4. The van der Waals surface area contributed by atoms with E-state index in [2.05, 4.69) is 62.8 Å². The molecule has 40 heteroatoms. The van der Waals surface area contributed by atoms with E-state index in [-0.39, 0.29) is 107 Å². The predicted molar refractivity (Wildman–Crippen MR) is 504 cm³/mol. The van der Waals surface area contributed by atoms with Gasteiger partial charge in [-0.1, -0.05) is 114 Å². The third-order valence-electron chi connectivity index (χ3n) is 24.8. The number of nitrogens with one attached hydrogen (secondary N) is 11. The summed E-state index contributed by atoms with van der Waals surface area (Å²) in [4.78, 5) is 267. The monoisotopic (exact) mass is 1900 g/mol. The van der Waals surface area contributed by atoms with Crippen LogP contribution in [0.25, 0.3) is 21.0 Å². The number of amides is 16. The van der Waals surface area contributed by atoms with Crippen LogP contribution in [0.2, 0.25) is 0 Å². The van der Waals surface area contributed by atoms with Crippen molar-refractivity contribution in [3.05, 3.63) is 149 Å². The summed E-state index contributed by atoms with van der Waals surface area (Å²) in [6.07, 6.45) is 4.77. The number of phenolic OH excluding ortho intramolecular Hbond substituents is 2. The predicted octanol–water partition coefficient (Wildman–Crippen LogP) is 2.64. The summed E-state index contributed by atoms with van der Waals surface area (Å²) >= 11 is 2.20. The van der Waals surface area contributed by atoms with Gasteiger partial charge in [-0.3, -0.25) is 81.5 Å². The van der Waals surface area contributed by atoms with E-state index in [4.69, 9.17) is 11.5 Å². The fourth-order valence-electron chi connectivity index (χ4n) is 17.2. The maximum Gasteiger partial charge on any atom is 0.246 e. The molecule has 135 heavy (non-hydrogen) atoms. The number of thioether (sulfide) groups is 1. The third-order valence-corrected chi connectivity index (χ3v) is 26.9. The molecule has 38 nitrogen and oxygen atoms in total. The minimum atomic E-state index is -1.75. The van der Waals surface area contributed by atoms with E-state index in [0.717, 1.165) is 31.6 Å². The first-order chi connectivity index (χ1) is 64.4. The minimum absolute atomic E-state index is 0.0135. The second-order valence-electron chi connectivity index (χ2n) is 35.3. The first-order valence-corrected chi connectivity index (χ1v) is 47.8. The molecule has 0 unspecified atom stereocenters. The van der Waals surface area contributed by atoms with Gasteiger partial charge in [-0.05, 0) is 141 Å². The van der Waals surface area contributed by atoms with Gasteiger partial charge in [-0.15, -0.1) is 23.1 Å². The molecule has 7 aromatic rings. The average molecular weight is 1900 g/mol. The number of fused-ring (bicyclic) bond motifs is 4. The quantitative estimate of drug-likeness (QED) is 0.0438. The SMILES string of the molecule is CCCC[C@H]1C(=O)N(C)[C@@H](CCCC)C(=O)N[C@@H](C)C(=O)N[C@H](C(=O)NCC(N)=O)CSCC(=O)N[C@@H](Cc2ccc(O)cc2)C(=O)N(C)[C@@H](C)C(=O)N[C@@H](CC(N)=O)C(=O)N2CCC[C@H]2C(=O)N[C@@H](Cc2cnc[nH]2)C(=O)N[C@@H](CC(C)C)C(=O)N2CCC[C@H]2C(=O)N[C@@H](Cc2c[nH]c3ccccc23)C(=O)C[C@@H](Cc2ccc(O)cc2)C(=O)N[C@@H](Cc2csc3ccccc23)C(=O)N1C. The number of ketones is 1. The zero-order valence-electron chi connectivity index (χ0n) is 77.5. The number of H-pyrrole nitrogens is 2. The van der Waals surface area contributed by atoms with Gasteiger partial charge in [-0.25, -0.2) is 4.98 Å². The number of benzene rings is 4. The molecule has 3 aromatic heterocycles. The highest BCUT2D eigenvalue weighted by molar-refractivity contribution is 8.00. The molecule has 10 rings (SSSR count). The van der Waals surface area contributed by atoms with Crippen LogP contribution in [-0.4, -0.2) is 281 Å². The number of thiophene rings is 1. The van der Waals surface area contributed by atoms with Gasteiger partial charge in [0.15, 0.2) is 5.78 Å². The lowest BCUT2D eigenvalue weighted by Gasteiger charge is -2.36. The number of primary amides is 2. The fourth-order valence-corrected chi connectivity index (χ4v) is 19.0. The zero-order chi connectivity index (χ0) is 98.0. The van der Waals surface area contributed by atoms with Crippen LogP contribution in [0.5, 0.6) is 11.5 Å². The maximum atomic E-state index is 16.0. The molecule has 0 aliphatic carbocycles. The molecule has 3 saturated heterocycles. The van der Waals surface area contributed by atoms with Crippen molar-refractivity contribution in [1.29, 1.82) is 0 Å². The number of imidazole rings is 1. The highest BCUT2D eigenvalue weighted by Crippen LogP contribution is 2.31. The second-order valence-corrected chi connectivity index (χ2v) is 37.3. The van der Waals surface area contributed by atoms with Crippen molar-refractivity contribution in [2.45, 2.75) is 236 Å². The van der Waals surface area contributed by atoms with E-state index < -0.39 is 210 Å². The molecule has 3 aliphatic rings. The average Bonchev–Trinajstić information content (AvgIpc) is 1.73. The van der Waals surface area contributed by atoms with E-state index >= 15 is 33.6 Å². The Morgan fingerprint density at radius 2 is 1.09 bits per heavy atom. The number of nitrogens with two attached hydrogens (primary N) is 2. The van der Waals surface area contributed by atoms with Crippen LogP contribution >= 0.6 is 23.1 Å². The summed E-state index contributed by atoms with van der Waals surface area (Å²) in [6.45, 7) is 9.25. The van der Waals surface area contributed by atoms with Crippen LogP contribution in [0.4, 0.5) is 0 Å². The number of phenols is 2. The largest absolute Gasteiger partial charge is 0.508 e. The Balaban J connectivity index is 1.02. The molecule has 17 N–H and O–H groups in total. The Labute approximate surface area is 791 Å². The number of nitrogens with zero attached hydrogens (tertiary/aromatic N) is 6. The van der Waals surface area contributed by atoms with Gasteiger partial charge in [0.1, 0.15) is 84.0 Å². The summed E-state index contributed by atoms with van der Waals surface area (Å²) < 4.78 is 0.862. The molecule has 726 valence electrons. The van der Waals surface area contributed by atoms with Gasteiger partial charge in [0.25, 0.3) is 0 Å². The first-order valence-electron chi connectivity index (χ1n) is 45.7. The number of aromatic hydroxyl groups is 2. The number of unbranched alkanes of at least 4 members (excludes halogenated alkanes) is 2. The van der Waals surface area contributed by atoms with Crippen LogP contribution in [0, 0.1) is 11.8 Å². The number of hydrogen-bond acceptors (Lipinski definition) is 22. The van der Waals surface area contributed by atoms with Crippen molar-refractivity contribution < 1.29 is 91.7 Å². The zero-order valence-corrected chi connectivity index (χ0v) is 79.1. The number of para-hydroxylation sites is 1. The summed E-state index contributed by atoms with van der Waals surface area (Å²) in [5.74, 6) is -17.0. The van der Waals surface area contributed by atoms with Crippen molar-refractivity contribution >= 4 is 144 Å². The normalized spacial score (nSPS) is 24.3. The standard InChI is InChI=1S/C95H125N19O19S2/c1-10-12-23-74-88(126)102-54(5)83(121)109-73(86(124)100-48-81(97)119)50-134-51-82(120)103-70(40-57-30-34-63(116)35-31-57)91(129)110(7)55(6)84(122)106-72(45-80(96)118)94(132)114-37-19-26-76(114)90(128)105-68(44-61-47-98-52-101-61)87(125)108-69(38-53(3)4)93(131)113-36-18-25-75(113)89(127)104-67(41-59-46-99-66-22-16-14-20-64(59)66)78(117)43-58(39-56-28-32-62(115)33-29-56)85(123)107-71(42-60-49-135-79-27-17-15-21-65(60)79)92(130)112(9)77(24-13-11-2)95(133)111(74)8/h14-17,20-22,27-35,46-47,49,52-55,58,67-77,99,115-116H,10-13,18-19,23-26,36-45,48,50-51H2,1-9H3,(H2,96,118)(H2,97,119)(H,98,101)(H,100,124)(H,102,126)(H,103,120)(H,104,127)(H,105,128)(H,106,122)(H,107,123)(H,108,125)(H,109,121)/t54-,55-,58+,67-,68-,69-,70-,71-,72-,73-,74-,75-,76-,77-/m0/s1. The summed E-state index contributed by atoms with van der Waals surface area (Å²) in [7, 11) is 4.06. The number of carbonyl (C=O) groups excluding carboxylic acids is 17. The molecule has 4 aromatic carbocycles. The molecular formula is C95H125N19O19S2. The number of rotatable bonds is 23. The van der Waals surface area contributed by atoms with E-state index in [1.165, 1.54) is 110 Å². The van der Waals surface area contributed by atoms with Gasteiger partial charge in [0.05, 0.1) is 31.1 Å². The van der Waals surface area contributed by atoms with Gasteiger partial charge in [0, 0.05) is 112 Å². The van der Waals surface area contributed by atoms with Crippen LogP contribution < -0.4 is 59.3 Å². The molecular weight excluding hydrogens is 1780 g/mol. The van der Waals surface area contributed by atoms with Crippen LogP contribution in [0.3, 0.4) is 0 Å². The van der Waals surface area contributed by atoms with Gasteiger partial charge in [0.2, 0.25) is 94.5 Å². The first kappa shape index (κ1) is 104. The van der Waals surface area contributed by atoms with Crippen LogP contribution in [0.15, 0.2) is 121 Å². The lowest BCUT2D eigenvalue weighted by molar-refractivity contribution is -0.149. The van der Waals surface area contributed by atoms with Crippen molar-refractivity contribution in [1.82, 2.24) is 87.3 Å². The number of likely N-dealkylation sites (N-methyl/N-ethyl adjacent to an activating group) is 3. The van der Waals surface area contributed by atoms with Gasteiger partial charge < -0.3 is 104 Å². The topological polar surface area (TPSA) is 552 Å². The summed E-state index contributed by atoms with van der Waals surface area (Å²) in [6, 6.07) is 7.77. The Bertz CT molecular complexity index is 5400. The number of aromatic nitrogens is 3. The Morgan fingerprint density at radius 3 is 1.70 bits per heavy atom. The van der Waals surface area contributed by atoms with Crippen LogP contribution in [0.1, 0.15) is 153 Å². The Hall–Kier alpha value is -13.3. The molecule has 3 fully saturated rings. The van der Waals surface area contributed by atoms with Crippen molar-refractivity contribution in [3.63, 3.8) is 0 Å². The third kappa shape index (κ3) is 28.4. The van der Waals surface area contributed by atoms with Crippen molar-refractivity contribution in [2.24, 2.45) is 23.3 Å². The van der Waals surface area contributed by atoms with Crippen molar-refractivity contribution in [3.8, 4) is 11.5 Å². The number of hydrogen-bond donors (Lipinski definition) is 15. The highest BCUT2D eigenvalue weighted by Gasteiger charge is 2.46. The van der Waals surface area contributed by atoms with Gasteiger partial charge >= 0.3 is 0 Å². The Kier molecular flexibility index (Phi) is 37.8. The second kappa shape index (κ2) is 49.1. The Morgan fingerprint density at radius 1 is 0.533 bits per heavy atom. The molecule has 0 bridgehead atoms. The number of Topliss-reactive ketones (excluding diaryl/α,β-unsaturated/α-hetero) is 1. The molecule has 0 spiro atoms. The fraction of sp³-hybridized carbons (Fsp3) is 0.495. The van der Waals surface area contributed by atoms with Gasteiger partial charge in [-0.2, -0.15) is 0 Å². The van der Waals surface area contributed by atoms with E-state index in [0.29, 0.717) is 71.0 Å². The maximum absolute atomic E-state index is 16.0. The lowest BCUT2D eigenvalue weighted by atomic mass is 9.89. The number of aromatic amines is 2. The molecule has 3 aliphatic heterocycles. The molecule has 0 saturated carbocycles. The minimum Gasteiger partial charge on any atom is -0.508 e. The lowest BCUT2D eigenvalue weighted by Crippen LogP contribution is -2.60. The van der Waals surface area contributed by atoms with Crippen LogP contribution in [-0.2, 0) is 114 Å². The number of carbonyl (C=O) groups is 17. The smallest absolute Gasteiger partial charge is 0.246 e. The van der Waals surface area contributed by atoms with E-state index in [1.807, 2.05) is 75.5 Å². The molecule has 14 atom stereocenters. The van der Waals surface area contributed by atoms with Crippen molar-refractivity contribution in [2.75, 3.05) is 52.3 Å². The molecule has 6 heterocycles.